The van der Waals surface area contributed by atoms with Gasteiger partial charge in [-0.05, 0) is 43.5 Å². The SMILES string of the molecule is Cl.Cl.O=C(CNCC1CC1)NCc1nc2ccc(F)cc2[nH]1. The van der Waals surface area contributed by atoms with Gasteiger partial charge in [-0.2, -0.15) is 0 Å². The summed E-state index contributed by atoms with van der Waals surface area (Å²) in [6.07, 6.45) is 2.54. The molecule has 2 aromatic rings. The van der Waals surface area contributed by atoms with Crippen LogP contribution in [0.2, 0.25) is 0 Å². The maximum atomic E-state index is 13.0. The van der Waals surface area contributed by atoms with E-state index in [0.717, 1.165) is 12.5 Å². The molecule has 22 heavy (non-hydrogen) atoms. The number of H-pyrrole nitrogens is 1. The molecule has 1 aromatic carbocycles. The van der Waals surface area contributed by atoms with Crippen molar-refractivity contribution in [2.45, 2.75) is 19.4 Å². The van der Waals surface area contributed by atoms with Crippen LogP contribution in [0.3, 0.4) is 0 Å². The maximum absolute atomic E-state index is 13.0. The molecule has 1 aromatic heterocycles. The summed E-state index contributed by atoms with van der Waals surface area (Å²) >= 11 is 0. The number of nitrogens with one attached hydrogen (secondary N) is 3. The van der Waals surface area contributed by atoms with E-state index in [1.54, 1.807) is 6.07 Å². The lowest BCUT2D eigenvalue weighted by atomic mass is 10.3. The summed E-state index contributed by atoms with van der Waals surface area (Å²) in [6.45, 7) is 1.56. The molecule has 1 amide bonds. The topological polar surface area (TPSA) is 69.8 Å². The van der Waals surface area contributed by atoms with Crippen molar-refractivity contribution in [3.63, 3.8) is 0 Å². The van der Waals surface area contributed by atoms with Crippen LogP contribution in [-0.4, -0.2) is 29.0 Å². The van der Waals surface area contributed by atoms with E-state index in [2.05, 4.69) is 20.6 Å². The van der Waals surface area contributed by atoms with Crippen molar-refractivity contribution < 1.29 is 9.18 Å². The van der Waals surface area contributed by atoms with Crippen LogP contribution >= 0.6 is 24.8 Å². The molecule has 0 saturated heterocycles. The fraction of sp³-hybridized carbons (Fsp3) is 0.429. The van der Waals surface area contributed by atoms with E-state index in [9.17, 15) is 9.18 Å². The van der Waals surface area contributed by atoms with Gasteiger partial charge in [0, 0.05) is 0 Å². The summed E-state index contributed by atoms with van der Waals surface area (Å²) in [5.74, 6) is 1.02. The molecule has 3 N–H and O–H groups in total. The Hall–Kier alpha value is -1.37. The van der Waals surface area contributed by atoms with Gasteiger partial charge in [-0.15, -0.1) is 24.8 Å². The van der Waals surface area contributed by atoms with Crippen molar-refractivity contribution in [1.29, 1.82) is 0 Å². The number of nitrogens with zero attached hydrogens (tertiary/aromatic N) is 1. The highest BCUT2D eigenvalue weighted by Crippen LogP contribution is 2.27. The summed E-state index contributed by atoms with van der Waals surface area (Å²) in [5.41, 5.74) is 1.34. The fourth-order valence-corrected chi connectivity index (χ4v) is 2.08. The van der Waals surface area contributed by atoms with Crippen molar-refractivity contribution in [3.05, 3.63) is 29.8 Å². The van der Waals surface area contributed by atoms with Crippen LogP contribution in [0.25, 0.3) is 11.0 Å². The van der Waals surface area contributed by atoms with E-state index < -0.39 is 0 Å². The van der Waals surface area contributed by atoms with E-state index >= 15 is 0 Å². The van der Waals surface area contributed by atoms with Gasteiger partial charge < -0.3 is 15.6 Å². The second-order valence-corrected chi connectivity index (χ2v) is 5.20. The summed E-state index contributed by atoms with van der Waals surface area (Å²) in [7, 11) is 0. The molecule has 0 unspecified atom stereocenters. The zero-order valence-corrected chi connectivity index (χ0v) is 13.5. The molecule has 1 fully saturated rings. The maximum Gasteiger partial charge on any atom is 0.234 e. The minimum absolute atomic E-state index is 0. The molecule has 3 rings (SSSR count). The van der Waals surface area contributed by atoms with Crippen LogP contribution in [0, 0.1) is 11.7 Å². The summed E-state index contributed by atoms with van der Waals surface area (Å²) in [5, 5.41) is 5.90. The average Bonchev–Trinajstić information content (AvgIpc) is 3.15. The third kappa shape index (κ3) is 5.12. The standard InChI is InChI=1S/C14H17FN4O.2ClH/c15-10-3-4-11-12(5-10)19-13(18-11)7-17-14(20)8-16-6-9-1-2-9;;/h3-5,9,16H,1-2,6-8H2,(H,17,20)(H,18,19);2*1H. The largest absolute Gasteiger partial charge is 0.348 e. The Bertz CT molecular complexity index is 630. The molecule has 0 aliphatic heterocycles. The predicted octanol–water partition coefficient (Wildman–Crippen LogP) is 2.16. The number of aromatic nitrogens is 2. The number of carbonyl (C=O) groups excluding carboxylic acids is 1. The first kappa shape index (κ1) is 18.7. The van der Waals surface area contributed by atoms with Crippen LogP contribution in [0.1, 0.15) is 18.7 Å². The van der Waals surface area contributed by atoms with E-state index in [4.69, 9.17) is 0 Å². The van der Waals surface area contributed by atoms with Gasteiger partial charge in [0.05, 0.1) is 24.1 Å². The Morgan fingerprint density at radius 3 is 2.86 bits per heavy atom. The fourth-order valence-electron chi connectivity index (χ4n) is 2.08. The minimum atomic E-state index is -0.305. The molecule has 1 heterocycles. The first-order valence-electron chi connectivity index (χ1n) is 6.82. The Labute approximate surface area is 140 Å². The Balaban J connectivity index is 0.00000121. The molecule has 8 heteroatoms. The molecule has 0 bridgehead atoms. The highest BCUT2D eigenvalue weighted by atomic mass is 35.5. The smallest absolute Gasteiger partial charge is 0.234 e. The van der Waals surface area contributed by atoms with Gasteiger partial charge in [0.15, 0.2) is 0 Å². The highest BCUT2D eigenvalue weighted by molar-refractivity contribution is 5.85. The molecule has 1 aliphatic carbocycles. The number of imidazole rings is 1. The summed E-state index contributed by atoms with van der Waals surface area (Å²) in [6, 6.07) is 4.38. The lowest BCUT2D eigenvalue weighted by Crippen LogP contribution is -2.34. The number of rotatable bonds is 6. The van der Waals surface area contributed by atoms with E-state index in [-0.39, 0.29) is 36.5 Å². The van der Waals surface area contributed by atoms with Crippen LogP contribution in [-0.2, 0) is 11.3 Å². The van der Waals surface area contributed by atoms with E-state index in [1.165, 1.54) is 25.0 Å². The Morgan fingerprint density at radius 2 is 2.14 bits per heavy atom. The third-order valence-electron chi connectivity index (χ3n) is 3.36. The van der Waals surface area contributed by atoms with Crippen molar-refractivity contribution in [1.82, 2.24) is 20.6 Å². The monoisotopic (exact) mass is 348 g/mol. The Kier molecular flexibility index (Phi) is 7.06. The lowest BCUT2D eigenvalue weighted by molar-refractivity contribution is -0.120. The van der Waals surface area contributed by atoms with Gasteiger partial charge in [0.2, 0.25) is 5.91 Å². The van der Waals surface area contributed by atoms with Gasteiger partial charge in [-0.25, -0.2) is 9.37 Å². The molecular weight excluding hydrogens is 330 g/mol. The molecular formula is C14H19Cl2FN4O. The zero-order valence-electron chi connectivity index (χ0n) is 11.9. The number of amides is 1. The van der Waals surface area contributed by atoms with E-state index in [0.29, 0.717) is 29.9 Å². The molecule has 0 radical (unpaired) electrons. The highest BCUT2D eigenvalue weighted by Gasteiger charge is 2.20. The Morgan fingerprint density at radius 1 is 1.36 bits per heavy atom. The van der Waals surface area contributed by atoms with Gasteiger partial charge in [0.1, 0.15) is 11.6 Å². The quantitative estimate of drug-likeness (QED) is 0.749. The number of halogens is 3. The first-order chi connectivity index (χ1) is 9.70. The molecule has 1 saturated carbocycles. The normalized spacial score (nSPS) is 13.3. The second kappa shape index (κ2) is 8.31. The number of benzene rings is 1. The molecule has 5 nitrogen and oxygen atoms in total. The molecule has 1 aliphatic rings. The molecule has 0 spiro atoms. The van der Waals surface area contributed by atoms with Crippen LogP contribution in [0.4, 0.5) is 4.39 Å². The number of fused-ring (bicyclic) bond motifs is 1. The van der Waals surface area contributed by atoms with Crippen LogP contribution in [0.15, 0.2) is 18.2 Å². The molecule has 122 valence electrons. The molecule has 0 atom stereocenters. The van der Waals surface area contributed by atoms with Gasteiger partial charge in [-0.3, -0.25) is 4.79 Å². The van der Waals surface area contributed by atoms with Gasteiger partial charge in [0.25, 0.3) is 0 Å². The summed E-state index contributed by atoms with van der Waals surface area (Å²) in [4.78, 5) is 18.9. The first-order valence-corrected chi connectivity index (χ1v) is 6.82. The number of aromatic amines is 1. The number of hydrogen-bond donors (Lipinski definition) is 3. The second-order valence-electron chi connectivity index (χ2n) is 5.20. The number of carbonyl (C=O) groups is 1. The van der Waals surface area contributed by atoms with Crippen molar-refractivity contribution >= 4 is 41.8 Å². The summed E-state index contributed by atoms with van der Waals surface area (Å²) < 4.78 is 13.0. The number of hydrogen-bond acceptors (Lipinski definition) is 3. The zero-order chi connectivity index (χ0) is 13.9. The lowest BCUT2D eigenvalue weighted by Gasteiger charge is -2.04. The van der Waals surface area contributed by atoms with Crippen LogP contribution < -0.4 is 10.6 Å². The van der Waals surface area contributed by atoms with Gasteiger partial charge >= 0.3 is 0 Å². The van der Waals surface area contributed by atoms with Gasteiger partial charge in [-0.1, -0.05) is 0 Å². The van der Waals surface area contributed by atoms with Crippen molar-refractivity contribution in [2.75, 3.05) is 13.1 Å². The van der Waals surface area contributed by atoms with E-state index in [1.807, 2.05) is 0 Å². The van der Waals surface area contributed by atoms with Crippen LogP contribution in [0.5, 0.6) is 0 Å². The third-order valence-corrected chi connectivity index (χ3v) is 3.36. The predicted molar refractivity (Wildman–Crippen MR) is 88.0 cm³/mol. The van der Waals surface area contributed by atoms with Crippen molar-refractivity contribution in [2.24, 2.45) is 5.92 Å². The minimum Gasteiger partial charge on any atom is -0.348 e. The average molecular weight is 349 g/mol. The van der Waals surface area contributed by atoms with Crippen molar-refractivity contribution in [3.8, 4) is 0 Å².